The van der Waals surface area contributed by atoms with Gasteiger partial charge in [-0.3, -0.25) is 14.4 Å². The summed E-state index contributed by atoms with van der Waals surface area (Å²) < 4.78 is 1.35. The third kappa shape index (κ3) is 4.65. The molecule has 0 bridgehead atoms. The number of thioether (sulfide) groups is 1. The number of nitrogens with one attached hydrogen (secondary N) is 2. The van der Waals surface area contributed by atoms with Crippen LogP contribution in [0.4, 0.5) is 0 Å². The van der Waals surface area contributed by atoms with Gasteiger partial charge < -0.3 is 25.5 Å². The van der Waals surface area contributed by atoms with Gasteiger partial charge in [0.25, 0.3) is 0 Å². The van der Waals surface area contributed by atoms with Crippen LogP contribution in [-0.4, -0.2) is 108 Å². The zero-order valence-electron chi connectivity index (χ0n) is 22.0. The Hall–Kier alpha value is -2.84. The van der Waals surface area contributed by atoms with E-state index < -0.39 is 11.9 Å². The smallest absolute Gasteiger partial charge is 0.353 e. The molecule has 6 rings (SSSR count). The van der Waals surface area contributed by atoms with Crippen LogP contribution in [0.1, 0.15) is 33.1 Å². The zero-order valence-corrected chi connectivity index (χ0v) is 22.8. The molecule has 5 aliphatic heterocycles. The second-order valence-electron chi connectivity index (χ2n) is 11.5. The highest BCUT2D eigenvalue weighted by Gasteiger charge is 2.60. The Kier molecular flexibility index (Phi) is 6.96. The van der Waals surface area contributed by atoms with Gasteiger partial charge in [0.15, 0.2) is 5.78 Å². The summed E-state index contributed by atoms with van der Waals surface area (Å²) >= 11 is 1.49. The number of amides is 2. The van der Waals surface area contributed by atoms with Crippen molar-refractivity contribution in [2.24, 2.45) is 23.7 Å². The van der Waals surface area contributed by atoms with E-state index in [9.17, 15) is 24.3 Å². The fourth-order valence-electron chi connectivity index (χ4n) is 7.16. The van der Waals surface area contributed by atoms with Gasteiger partial charge in [-0.25, -0.2) is 9.48 Å². The highest BCUT2D eigenvalue weighted by molar-refractivity contribution is 8.03. The fourth-order valence-corrected chi connectivity index (χ4v) is 8.64. The Morgan fingerprint density at radius 2 is 2.08 bits per heavy atom. The van der Waals surface area contributed by atoms with Crippen molar-refractivity contribution in [2.75, 3.05) is 26.2 Å². The standard InChI is InChI=1S/C25H34N8O5S/c1-12(5-15(34)9-32-11-28-29-30-32)19-20-13(2)22(21(25(37)38)33(20)24(19)36)39-16-6-17(27-7-16)23(35)31-8-14-3-4-26-18(14)10-31/h11-14,16-20,26-27H,3-10H2,1-2H3,(H,37,38)/t12?,13-,14?,16?,17?,18?,19-,20-/m1/s1. The van der Waals surface area contributed by atoms with Gasteiger partial charge in [-0.1, -0.05) is 13.8 Å². The average Bonchev–Trinajstić information content (AvgIpc) is 3.69. The van der Waals surface area contributed by atoms with Crippen molar-refractivity contribution < 1.29 is 24.3 Å². The van der Waals surface area contributed by atoms with Crippen molar-refractivity contribution in [1.82, 2.24) is 40.6 Å². The molecule has 5 aliphatic rings. The second-order valence-corrected chi connectivity index (χ2v) is 12.9. The quantitative estimate of drug-likeness (QED) is 0.329. The molecular weight excluding hydrogens is 524 g/mol. The summed E-state index contributed by atoms with van der Waals surface area (Å²) in [5.41, 5.74) is 0.0548. The van der Waals surface area contributed by atoms with E-state index in [4.69, 9.17) is 0 Å². The molecule has 13 nitrogen and oxygen atoms in total. The van der Waals surface area contributed by atoms with E-state index in [1.165, 1.54) is 27.7 Å². The van der Waals surface area contributed by atoms with E-state index in [0.717, 1.165) is 26.1 Å². The number of likely N-dealkylation sites (tertiary alicyclic amines) is 1. The van der Waals surface area contributed by atoms with E-state index in [2.05, 4.69) is 26.2 Å². The second kappa shape index (κ2) is 10.3. The molecule has 3 N–H and O–H groups in total. The number of carboxylic acid groups (broad SMARTS) is 1. The van der Waals surface area contributed by atoms with Crippen molar-refractivity contribution >= 4 is 35.3 Å². The first-order chi connectivity index (χ1) is 18.7. The number of Topliss-reactive ketones (excluding diaryl/α,β-unsaturated/α-hetero) is 1. The first-order valence-corrected chi connectivity index (χ1v) is 14.6. The van der Waals surface area contributed by atoms with E-state index in [1.807, 2.05) is 18.7 Å². The number of hydrogen-bond acceptors (Lipinski definition) is 10. The average molecular weight is 559 g/mol. The van der Waals surface area contributed by atoms with Gasteiger partial charge in [0.1, 0.15) is 18.6 Å². The van der Waals surface area contributed by atoms with Gasteiger partial charge in [0, 0.05) is 48.2 Å². The fraction of sp³-hybridized carbons (Fsp3) is 0.720. The Bertz CT molecular complexity index is 1190. The lowest BCUT2D eigenvalue weighted by Crippen LogP contribution is -2.62. The van der Waals surface area contributed by atoms with E-state index in [1.54, 1.807) is 0 Å². The predicted molar refractivity (Wildman–Crippen MR) is 139 cm³/mol. The van der Waals surface area contributed by atoms with E-state index in [0.29, 0.717) is 29.8 Å². The summed E-state index contributed by atoms with van der Waals surface area (Å²) in [6.07, 6.45) is 3.28. The van der Waals surface area contributed by atoms with Crippen molar-refractivity contribution in [1.29, 1.82) is 0 Å². The normalized spacial score (nSPS) is 34.3. The number of carbonyl (C=O) groups excluding carboxylic acids is 3. The van der Waals surface area contributed by atoms with Gasteiger partial charge in [0.05, 0.1) is 18.0 Å². The number of hydrogen-bond donors (Lipinski definition) is 3. The molecule has 2 amide bonds. The van der Waals surface area contributed by atoms with Crippen LogP contribution in [0.2, 0.25) is 0 Å². The van der Waals surface area contributed by atoms with Gasteiger partial charge in [-0.2, -0.15) is 0 Å². The minimum atomic E-state index is -1.12. The molecule has 1 aromatic heterocycles. The number of aliphatic carboxylic acids is 1. The highest BCUT2D eigenvalue weighted by Crippen LogP contribution is 2.53. The summed E-state index contributed by atoms with van der Waals surface area (Å²) in [5.74, 6) is -1.61. The summed E-state index contributed by atoms with van der Waals surface area (Å²) in [7, 11) is 0. The lowest BCUT2D eigenvalue weighted by Gasteiger charge is -2.47. The van der Waals surface area contributed by atoms with Crippen molar-refractivity contribution in [2.45, 2.75) is 63.0 Å². The first kappa shape index (κ1) is 26.4. The lowest BCUT2D eigenvalue weighted by molar-refractivity contribution is -0.160. The number of ketones is 1. The van der Waals surface area contributed by atoms with Crippen LogP contribution in [0.25, 0.3) is 0 Å². The molecule has 5 unspecified atom stereocenters. The Morgan fingerprint density at radius 1 is 1.26 bits per heavy atom. The minimum absolute atomic E-state index is 0.0335. The number of aromatic nitrogens is 4. The van der Waals surface area contributed by atoms with Gasteiger partial charge in [-0.15, -0.1) is 16.9 Å². The first-order valence-electron chi connectivity index (χ1n) is 13.7. The van der Waals surface area contributed by atoms with Crippen LogP contribution in [0, 0.1) is 23.7 Å². The number of nitrogens with zero attached hydrogens (tertiary/aromatic N) is 6. The molecule has 0 aromatic carbocycles. The minimum Gasteiger partial charge on any atom is -0.477 e. The van der Waals surface area contributed by atoms with Crippen LogP contribution in [0.15, 0.2) is 16.9 Å². The third-order valence-electron chi connectivity index (χ3n) is 9.04. The Labute approximate surface area is 230 Å². The van der Waals surface area contributed by atoms with E-state index >= 15 is 0 Å². The van der Waals surface area contributed by atoms with Crippen LogP contribution in [0.5, 0.6) is 0 Å². The molecule has 39 heavy (non-hydrogen) atoms. The maximum atomic E-state index is 13.2. The monoisotopic (exact) mass is 558 g/mol. The number of fused-ring (bicyclic) bond motifs is 2. The molecule has 0 radical (unpaired) electrons. The number of β-lactam (4-membered cyclic amide) rings is 1. The van der Waals surface area contributed by atoms with E-state index in [-0.39, 0.29) is 65.4 Å². The van der Waals surface area contributed by atoms with Crippen molar-refractivity contribution in [3.05, 3.63) is 16.9 Å². The maximum Gasteiger partial charge on any atom is 0.353 e. The van der Waals surface area contributed by atoms with Gasteiger partial charge in [-0.05, 0) is 41.6 Å². The number of tetrazole rings is 1. The van der Waals surface area contributed by atoms with Crippen LogP contribution >= 0.6 is 11.8 Å². The molecule has 1 aromatic rings. The Balaban J connectivity index is 1.09. The van der Waals surface area contributed by atoms with Crippen molar-refractivity contribution in [3.63, 3.8) is 0 Å². The van der Waals surface area contributed by atoms with Crippen LogP contribution in [-0.2, 0) is 25.7 Å². The van der Waals surface area contributed by atoms with Gasteiger partial charge in [0.2, 0.25) is 11.8 Å². The van der Waals surface area contributed by atoms with Gasteiger partial charge >= 0.3 is 5.97 Å². The maximum absolute atomic E-state index is 13.2. The third-order valence-corrected chi connectivity index (χ3v) is 10.6. The SMILES string of the molecule is CC(CC(=O)Cn1cnnn1)[C@H]1C(=O)N2C(C(=O)O)=C(SC3CNC(C(=O)N4CC5CCNC5C4)C3)[C@H](C)[C@H]12. The van der Waals surface area contributed by atoms with Crippen molar-refractivity contribution in [3.8, 4) is 0 Å². The molecule has 210 valence electrons. The number of carbonyl (C=O) groups is 4. The Morgan fingerprint density at radius 3 is 2.79 bits per heavy atom. The topological polar surface area (TPSA) is 163 Å². The van der Waals surface area contributed by atoms with Crippen LogP contribution < -0.4 is 10.6 Å². The molecule has 0 spiro atoms. The molecule has 6 heterocycles. The molecule has 4 saturated heterocycles. The predicted octanol–water partition coefficient (Wildman–Crippen LogP) is -0.675. The lowest BCUT2D eigenvalue weighted by atomic mass is 9.73. The summed E-state index contributed by atoms with van der Waals surface area (Å²) in [6.45, 7) is 7.05. The number of carboxylic acids is 1. The summed E-state index contributed by atoms with van der Waals surface area (Å²) in [6, 6.07) is -0.162. The summed E-state index contributed by atoms with van der Waals surface area (Å²) in [5, 5.41) is 27.7. The zero-order chi connectivity index (χ0) is 27.4. The molecule has 8 atom stereocenters. The largest absolute Gasteiger partial charge is 0.477 e. The van der Waals surface area contributed by atoms with Crippen LogP contribution in [0.3, 0.4) is 0 Å². The molecule has 4 fully saturated rings. The molecule has 0 aliphatic carbocycles. The molecule has 0 saturated carbocycles. The highest BCUT2D eigenvalue weighted by atomic mass is 32.2. The molecule has 14 heteroatoms. The number of rotatable bonds is 9. The summed E-state index contributed by atoms with van der Waals surface area (Å²) in [4.78, 5) is 55.3. The molecular formula is C25H34N8O5S.